The van der Waals surface area contributed by atoms with Gasteiger partial charge in [-0.2, -0.15) is 0 Å². The first kappa shape index (κ1) is 18.0. The lowest BCUT2D eigenvalue weighted by molar-refractivity contribution is 0.0239. The quantitative estimate of drug-likeness (QED) is 0.463. The summed E-state index contributed by atoms with van der Waals surface area (Å²) in [5.41, 5.74) is 0. The van der Waals surface area contributed by atoms with Crippen molar-refractivity contribution < 1.29 is 4.74 Å². The van der Waals surface area contributed by atoms with Gasteiger partial charge in [0.05, 0.1) is 6.10 Å². The van der Waals surface area contributed by atoms with Gasteiger partial charge in [-0.25, -0.2) is 0 Å². The SMILES string of the molecule is CCCC=CC1CCC(CCC2CCC(OCC)CC2)CC1. The van der Waals surface area contributed by atoms with Gasteiger partial charge in [0.1, 0.15) is 0 Å². The van der Waals surface area contributed by atoms with Crippen molar-refractivity contribution in [1.29, 1.82) is 0 Å². The first-order valence-corrected chi connectivity index (χ1v) is 10.1. The predicted molar refractivity (Wildman–Crippen MR) is 96.1 cm³/mol. The highest BCUT2D eigenvalue weighted by atomic mass is 16.5. The first-order chi connectivity index (χ1) is 10.8. The Morgan fingerprint density at radius 3 is 1.95 bits per heavy atom. The van der Waals surface area contributed by atoms with E-state index in [-0.39, 0.29) is 0 Å². The summed E-state index contributed by atoms with van der Waals surface area (Å²) >= 11 is 0. The number of hydrogen-bond donors (Lipinski definition) is 0. The van der Waals surface area contributed by atoms with E-state index < -0.39 is 0 Å². The lowest BCUT2D eigenvalue weighted by Gasteiger charge is -2.31. The molecule has 0 aromatic carbocycles. The Labute approximate surface area is 138 Å². The van der Waals surface area contributed by atoms with Gasteiger partial charge in [0.25, 0.3) is 0 Å². The molecule has 2 saturated carbocycles. The topological polar surface area (TPSA) is 9.23 Å². The van der Waals surface area contributed by atoms with Crippen LogP contribution >= 0.6 is 0 Å². The molecule has 0 aliphatic heterocycles. The minimum Gasteiger partial charge on any atom is -0.379 e. The molecule has 0 bridgehead atoms. The Morgan fingerprint density at radius 1 is 0.818 bits per heavy atom. The van der Waals surface area contributed by atoms with E-state index in [1.165, 1.54) is 77.0 Å². The summed E-state index contributed by atoms with van der Waals surface area (Å²) in [6, 6.07) is 0. The number of rotatable bonds is 8. The number of allylic oxidation sites excluding steroid dienone is 2. The summed E-state index contributed by atoms with van der Waals surface area (Å²) in [6.07, 6.45) is 22.4. The molecule has 128 valence electrons. The number of unbranched alkanes of at least 4 members (excludes halogenated alkanes) is 1. The molecule has 0 heterocycles. The molecule has 0 aromatic heterocycles. The van der Waals surface area contributed by atoms with Crippen LogP contribution in [0.4, 0.5) is 0 Å². The van der Waals surface area contributed by atoms with Gasteiger partial charge in [0, 0.05) is 6.61 Å². The average molecular weight is 307 g/mol. The van der Waals surface area contributed by atoms with Crippen molar-refractivity contribution in [1.82, 2.24) is 0 Å². The second-order valence-electron chi connectivity index (χ2n) is 7.67. The average Bonchev–Trinajstić information content (AvgIpc) is 2.56. The van der Waals surface area contributed by atoms with Crippen LogP contribution < -0.4 is 0 Å². The van der Waals surface area contributed by atoms with Crippen LogP contribution in [0.25, 0.3) is 0 Å². The van der Waals surface area contributed by atoms with Crippen LogP contribution in [0.3, 0.4) is 0 Å². The highest BCUT2D eigenvalue weighted by Crippen LogP contribution is 2.36. The highest BCUT2D eigenvalue weighted by molar-refractivity contribution is 4.91. The number of hydrogen-bond acceptors (Lipinski definition) is 1. The third-order valence-electron chi connectivity index (χ3n) is 5.93. The van der Waals surface area contributed by atoms with Crippen molar-refractivity contribution >= 4 is 0 Å². The number of ether oxygens (including phenoxy) is 1. The second-order valence-corrected chi connectivity index (χ2v) is 7.67. The molecule has 1 nitrogen and oxygen atoms in total. The zero-order valence-electron chi connectivity index (χ0n) is 15.1. The minimum atomic E-state index is 0.576. The van der Waals surface area contributed by atoms with E-state index in [1.807, 2.05) is 0 Å². The summed E-state index contributed by atoms with van der Waals surface area (Å²) in [5.74, 6) is 2.92. The van der Waals surface area contributed by atoms with Crippen molar-refractivity contribution in [3.63, 3.8) is 0 Å². The first-order valence-electron chi connectivity index (χ1n) is 10.1. The van der Waals surface area contributed by atoms with Gasteiger partial charge in [0.15, 0.2) is 0 Å². The Morgan fingerprint density at radius 2 is 1.41 bits per heavy atom. The van der Waals surface area contributed by atoms with Gasteiger partial charge in [-0.3, -0.25) is 0 Å². The van der Waals surface area contributed by atoms with Crippen LogP contribution in [0.5, 0.6) is 0 Å². The van der Waals surface area contributed by atoms with Crippen LogP contribution in [0.15, 0.2) is 12.2 Å². The van der Waals surface area contributed by atoms with Gasteiger partial charge in [-0.15, -0.1) is 0 Å². The maximum absolute atomic E-state index is 5.77. The van der Waals surface area contributed by atoms with Gasteiger partial charge >= 0.3 is 0 Å². The molecule has 0 spiro atoms. The van der Waals surface area contributed by atoms with E-state index >= 15 is 0 Å². The van der Waals surface area contributed by atoms with E-state index in [0.29, 0.717) is 6.10 Å². The Balaban J connectivity index is 1.55. The summed E-state index contributed by atoms with van der Waals surface area (Å²) < 4.78 is 5.77. The molecule has 2 rings (SSSR count). The van der Waals surface area contributed by atoms with Crippen LogP contribution in [-0.4, -0.2) is 12.7 Å². The summed E-state index contributed by atoms with van der Waals surface area (Å²) in [7, 11) is 0. The van der Waals surface area contributed by atoms with Crippen molar-refractivity contribution in [2.75, 3.05) is 6.61 Å². The Bertz CT molecular complexity index is 293. The van der Waals surface area contributed by atoms with E-state index in [0.717, 1.165) is 24.4 Å². The van der Waals surface area contributed by atoms with Crippen LogP contribution in [0, 0.1) is 17.8 Å². The fourth-order valence-corrected chi connectivity index (χ4v) is 4.42. The van der Waals surface area contributed by atoms with Gasteiger partial charge < -0.3 is 4.74 Å². The molecular formula is C21H38O. The normalized spacial score (nSPS) is 33.4. The van der Waals surface area contributed by atoms with Crippen LogP contribution in [-0.2, 0) is 4.74 Å². The third kappa shape index (κ3) is 6.44. The van der Waals surface area contributed by atoms with E-state index in [1.54, 1.807) is 0 Å². The molecule has 0 atom stereocenters. The summed E-state index contributed by atoms with van der Waals surface area (Å²) in [4.78, 5) is 0. The van der Waals surface area contributed by atoms with Crippen molar-refractivity contribution in [3.8, 4) is 0 Å². The smallest absolute Gasteiger partial charge is 0.0575 e. The maximum atomic E-state index is 5.77. The van der Waals surface area contributed by atoms with Crippen molar-refractivity contribution in [2.45, 2.75) is 97.0 Å². The molecule has 0 aromatic rings. The van der Waals surface area contributed by atoms with Crippen molar-refractivity contribution in [3.05, 3.63) is 12.2 Å². The summed E-state index contributed by atoms with van der Waals surface area (Å²) in [5, 5.41) is 0. The molecule has 0 unspecified atom stereocenters. The second kappa shape index (κ2) is 10.5. The fourth-order valence-electron chi connectivity index (χ4n) is 4.42. The Hall–Kier alpha value is -0.300. The molecular weight excluding hydrogens is 268 g/mol. The third-order valence-corrected chi connectivity index (χ3v) is 5.93. The minimum absolute atomic E-state index is 0.576. The molecule has 2 aliphatic rings. The molecule has 0 N–H and O–H groups in total. The van der Waals surface area contributed by atoms with Gasteiger partial charge in [0.2, 0.25) is 0 Å². The molecule has 2 aliphatic carbocycles. The molecule has 0 saturated heterocycles. The van der Waals surface area contributed by atoms with E-state index in [9.17, 15) is 0 Å². The van der Waals surface area contributed by atoms with Gasteiger partial charge in [-0.1, -0.05) is 38.3 Å². The fraction of sp³-hybridized carbons (Fsp3) is 0.905. The zero-order valence-corrected chi connectivity index (χ0v) is 15.1. The molecule has 0 amide bonds. The van der Waals surface area contributed by atoms with E-state index in [2.05, 4.69) is 26.0 Å². The van der Waals surface area contributed by atoms with Gasteiger partial charge in [-0.05, 0) is 82.5 Å². The highest BCUT2D eigenvalue weighted by Gasteiger charge is 2.24. The Kier molecular flexibility index (Phi) is 8.59. The predicted octanol–water partition coefficient (Wildman–Crippen LogP) is 6.52. The van der Waals surface area contributed by atoms with Crippen LogP contribution in [0.2, 0.25) is 0 Å². The van der Waals surface area contributed by atoms with E-state index in [4.69, 9.17) is 4.74 Å². The standard InChI is InChI=1S/C21H38O/c1-3-5-6-7-18-8-10-19(11-9-18)12-13-20-14-16-21(17-15-20)22-4-2/h6-7,18-21H,3-5,8-17H2,1-2H3. The largest absolute Gasteiger partial charge is 0.379 e. The molecule has 22 heavy (non-hydrogen) atoms. The van der Waals surface area contributed by atoms with Crippen molar-refractivity contribution in [2.24, 2.45) is 17.8 Å². The van der Waals surface area contributed by atoms with Crippen LogP contribution in [0.1, 0.15) is 90.9 Å². The zero-order chi connectivity index (χ0) is 15.6. The lowest BCUT2D eigenvalue weighted by Crippen LogP contribution is -2.22. The maximum Gasteiger partial charge on any atom is 0.0575 e. The molecule has 2 fully saturated rings. The lowest BCUT2D eigenvalue weighted by atomic mass is 9.77. The monoisotopic (exact) mass is 306 g/mol. The molecule has 0 radical (unpaired) electrons. The molecule has 1 heteroatoms. The summed E-state index contributed by atoms with van der Waals surface area (Å²) in [6.45, 7) is 5.29.